The minimum atomic E-state index is -3.50. The molecule has 0 aromatic heterocycles. The number of rotatable bonds is 2. The molecule has 7 heteroatoms. The van der Waals surface area contributed by atoms with Crippen molar-refractivity contribution in [1.29, 1.82) is 0 Å². The lowest BCUT2D eigenvalue weighted by Crippen LogP contribution is -2.51. The number of piperazine rings is 1. The summed E-state index contributed by atoms with van der Waals surface area (Å²) in [6.45, 7) is 3.56. The molecule has 0 aliphatic carbocycles. The summed E-state index contributed by atoms with van der Waals surface area (Å²) in [5.41, 5.74) is 0. The summed E-state index contributed by atoms with van der Waals surface area (Å²) >= 11 is 9.28. The molecule has 18 heavy (non-hydrogen) atoms. The van der Waals surface area contributed by atoms with E-state index in [9.17, 15) is 8.42 Å². The molecule has 1 saturated heterocycles. The summed E-state index contributed by atoms with van der Waals surface area (Å²) in [6, 6.07) is 4.97. The van der Waals surface area contributed by atoms with Crippen LogP contribution in [0.25, 0.3) is 0 Å². The van der Waals surface area contributed by atoms with Crippen molar-refractivity contribution in [3.05, 3.63) is 27.7 Å². The van der Waals surface area contributed by atoms with Crippen LogP contribution in [0.1, 0.15) is 6.92 Å². The van der Waals surface area contributed by atoms with Gasteiger partial charge in [0.1, 0.15) is 4.90 Å². The van der Waals surface area contributed by atoms with Gasteiger partial charge in [0, 0.05) is 30.1 Å². The van der Waals surface area contributed by atoms with E-state index >= 15 is 0 Å². The van der Waals surface area contributed by atoms with Crippen LogP contribution in [0.5, 0.6) is 0 Å². The van der Waals surface area contributed by atoms with Gasteiger partial charge in [-0.1, -0.05) is 27.5 Å². The zero-order valence-corrected chi connectivity index (χ0v) is 13.0. The molecule has 0 spiro atoms. The Kier molecular flexibility index (Phi) is 4.33. The highest BCUT2D eigenvalue weighted by Crippen LogP contribution is 2.28. The quantitative estimate of drug-likeness (QED) is 0.885. The molecule has 1 atom stereocenters. The van der Waals surface area contributed by atoms with Gasteiger partial charge in [0.15, 0.2) is 0 Å². The van der Waals surface area contributed by atoms with E-state index in [1.54, 1.807) is 12.1 Å². The first kappa shape index (κ1) is 14.3. The van der Waals surface area contributed by atoms with Crippen molar-refractivity contribution < 1.29 is 8.42 Å². The first-order chi connectivity index (χ1) is 8.41. The molecule has 4 nitrogen and oxygen atoms in total. The molecule has 1 aromatic carbocycles. The number of hydrogen-bond acceptors (Lipinski definition) is 3. The topological polar surface area (TPSA) is 49.4 Å². The van der Waals surface area contributed by atoms with E-state index in [1.165, 1.54) is 10.4 Å². The number of benzene rings is 1. The summed E-state index contributed by atoms with van der Waals surface area (Å²) in [4.78, 5) is 0.168. The van der Waals surface area contributed by atoms with E-state index < -0.39 is 10.0 Å². The van der Waals surface area contributed by atoms with Crippen LogP contribution in [0, 0.1) is 0 Å². The minimum Gasteiger partial charge on any atom is -0.312 e. The third-order valence-corrected chi connectivity index (χ3v) is 5.68. The van der Waals surface area contributed by atoms with E-state index in [1.807, 2.05) is 6.92 Å². The molecule has 100 valence electrons. The highest BCUT2D eigenvalue weighted by Gasteiger charge is 2.29. The molecule has 1 heterocycles. The molecular weight excluding hydrogens is 340 g/mol. The number of hydrogen-bond donors (Lipinski definition) is 1. The Hall–Kier alpha value is -0.140. The molecule has 0 radical (unpaired) electrons. The second kappa shape index (κ2) is 5.46. The summed E-state index contributed by atoms with van der Waals surface area (Å²) < 4.78 is 27.2. The average molecular weight is 354 g/mol. The Balaban J connectivity index is 2.35. The number of sulfonamides is 1. The Labute approximate surface area is 120 Å². The average Bonchev–Trinajstić information content (AvgIpc) is 2.28. The summed E-state index contributed by atoms with van der Waals surface area (Å²) in [5, 5.41) is 3.46. The standard InChI is InChI=1S/C11H14BrClN2O2S/c1-8-7-15(5-4-14-8)18(16,17)11-3-2-9(12)6-10(11)13/h2-3,6,8,14H,4-5,7H2,1H3/t8-/m0/s1. The van der Waals surface area contributed by atoms with Gasteiger partial charge >= 0.3 is 0 Å². The van der Waals surface area contributed by atoms with Crippen molar-refractivity contribution in [3.63, 3.8) is 0 Å². The van der Waals surface area contributed by atoms with Crippen LogP contribution in [-0.4, -0.2) is 38.4 Å². The lowest BCUT2D eigenvalue weighted by Gasteiger charge is -2.31. The van der Waals surface area contributed by atoms with Crippen LogP contribution in [0.15, 0.2) is 27.6 Å². The van der Waals surface area contributed by atoms with Crippen molar-refractivity contribution >= 4 is 37.6 Å². The largest absolute Gasteiger partial charge is 0.312 e. The van der Waals surface area contributed by atoms with Crippen LogP contribution in [0.2, 0.25) is 5.02 Å². The molecule has 1 fully saturated rings. The maximum Gasteiger partial charge on any atom is 0.244 e. The number of nitrogens with one attached hydrogen (secondary N) is 1. The first-order valence-electron chi connectivity index (χ1n) is 5.60. The zero-order valence-electron chi connectivity index (χ0n) is 9.86. The molecular formula is C11H14BrClN2O2S. The summed E-state index contributed by atoms with van der Waals surface area (Å²) in [7, 11) is -3.50. The SMILES string of the molecule is C[C@H]1CN(S(=O)(=O)c2ccc(Br)cc2Cl)CCN1. The van der Waals surface area contributed by atoms with Crippen LogP contribution in [0.4, 0.5) is 0 Å². The highest BCUT2D eigenvalue weighted by molar-refractivity contribution is 9.10. The number of nitrogens with zero attached hydrogens (tertiary/aromatic N) is 1. The minimum absolute atomic E-state index is 0.155. The fraction of sp³-hybridized carbons (Fsp3) is 0.455. The maximum absolute atomic E-state index is 12.5. The molecule has 1 aromatic rings. The Bertz CT molecular complexity index is 550. The molecule has 0 bridgehead atoms. The van der Waals surface area contributed by atoms with Gasteiger partial charge in [0.05, 0.1) is 5.02 Å². The van der Waals surface area contributed by atoms with Crippen LogP contribution in [0.3, 0.4) is 0 Å². The molecule has 0 unspecified atom stereocenters. The van der Waals surface area contributed by atoms with E-state index in [-0.39, 0.29) is 16.0 Å². The fourth-order valence-corrected chi connectivity index (χ4v) is 4.48. The Morgan fingerprint density at radius 3 is 2.83 bits per heavy atom. The molecule has 2 rings (SSSR count). The number of halogens is 2. The predicted molar refractivity (Wildman–Crippen MR) is 75.4 cm³/mol. The first-order valence-corrected chi connectivity index (χ1v) is 8.21. The van der Waals surface area contributed by atoms with Gasteiger partial charge in [-0.25, -0.2) is 8.42 Å². The predicted octanol–water partition coefficient (Wildman–Crippen LogP) is 2.08. The van der Waals surface area contributed by atoms with Gasteiger partial charge < -0.3 is 5.32 Å². The van der Waals surface area contributed by atoms with E-state index in [4.69, 9.17) is 11.6 Å². The van der Waals surface area contributed by atoms with E-state index in [0.29, 0.717) is 19.6 Å². The van der Waals surface area contributed by atoms with Crippen molar-refractivity contribution in [2.75, 3.05) is 19.6 Å². The maximum atomic E-state index is 12.5. The van der Waals surface area contributed by atoms with Gasteiger partial charge in [0.25, 0.3) is 0 Å². The van der Waals surface area contributed by atoms with Gasteiger partial charge in [-0.05, 0) is 25.1 Å². The molecule has 0 amide bonds. The normalized spacial score (nSPS) is 22.1. The second-order valence-electron chi connectivity index (χ2n) is 4.29. The summed E-state index contributed by atoms with van der Waals surface area (Å²) in [5.74, 6) is 0. The monoisotopic (exact) mass is 352 g/mol. The van der Waals surface area contributed by atoms with Gasteiger partial charge in [-0.2, -0.15) is 4.31 Å². The molecule has 1 N–H and O–H groups in total. The van der Waals surface area contributed by atoms with Gasteiger partial charge in [-0.3, -0.25) is 0 Å². The third kappa shape index (κ3) is 2.88. The van der Waals surface area contributed by atoms with Crippen LogP contribution >= 0.6 is 27.5 Å². The second-order valence-corrected chi connectivity index (χ2v) is 7.52. The lowest BCUT2D eigenvalue weighted by atomic mass is 10.3. The van der Waals surface area contributed by atoms with Crippen LogP contribution in [-0.2, 0) is 10.0 Å². The zero-order chi connectivity index (χ0) is 13.3. The smallest absolute Gasteiger partial charge is 0.244 e. The van der Waals surface area contributed by atoms with Crippen molar-refractivity contribution in [3.8, 4) is 0 Å². The van der Waals surface area contributed by atoms with E-state index in [0.717, 1.165) is 4.47 Å². The Morgan fingerprint density at radius 1 is 1.50 bits per heavy atom. The summed E-state index contributed by atoms with van der Waals surface area (Å²) in [6.07, 6.45) is 0. The highest BCUT2D eigenvalue weighted by atomic mass is 79.9. The lowest BCUT2D eigenvalue weighted by molar-refractivity contribution is 0.310. The third-order valence-electron chi connectivity index (χ3n) is 2.84. The van der Waals surface area contributed by atoms with Crippen LogP contribution < -0.4 is 5.32 Å². The fourth-order valence-electron chi connectivity index (χ4n) is 1.94. The Morgan fingerprint density at radius 2 is 2.22 bits per heavy atom. The molecule has 1 aliphatic rings. The molecule has 1 aliphatic heterocycles. The van der Waals surface area contributed by atoms with Crippen molar-refractivity contribution in [1.82, 2.24) is 9.62 Å². The van der Waals surface area contributed by atoms with E-state index in [2.05, 4.69) is 21.2 Å². The van der Waals surface area contributed by atoms with Crippen molar-refractivity contribution in [2.45, 2.75) is 17.9 Å². The molecule has 0 saturated carbocycles. The van der Waals surface area contributed by atoms with Crippen molar-refractivity contribution in [2.24, 2.45) is 0 Å². The van der Waals surface area contributed by atoms with Gasteiger partial charge in [-0.15, -0.1) is 0 Å². The van der Waals surface area contributed by atoms with Gasteiger partial charge in [0.2, 0.25) is 10.0 Å².